The summed E-state index contributed by atoms with van der Waals surface area (Å²) >= 11 is 6.50. The van der Waals surface area contributed by atoms with Gasteiger partial charge in [-0.25, -0.2) is 0 Å². The van der Waals surface area contributed by atoms with Crippen LogP contribution in [0.1, 0.15) is 49.3 Å². The van der Waals surface area contributed by atoms with Gasteiger partial charge in [0.25, 0.3) is 11.5 Å². The lowest BCUT2D eigenvalue weighted by Gasteiger charge is -2.26. The minimum Gasteiger partial charge on any atom is -0.481 e. The average Bonchev–Trinajstić information content (AvgIpc) is 3.34. The fourth-order valence-electron chi connectivity index (χ4n) is 3.92. The van der Waals surface area contributed by atoms with Crippen LogP contribution in [0.4, 0.5) is 5.82 Å². The Hall–Kier alpha value is -2.64. The Kier molecular flexibility index (Phi) is 7.18. The molecule has 1 aromatic heterocycles. The second-order valence-electron chi connectivity index (χ2n) is 7.42. The Morgan fingerprint density at radius 3 is 2.58 bits per heavy atom. The van der Waals surface area contributed by atoms with E-state index < -0.39 is 5.97 Å². The van der Waals surface area contributed by atoms with Gasteiger partial charge in [0.2, 0.25) is 0 Å². The molecule has 0 saturated carbocycles. The molecule has 1 N–H and O–H groups in total. The predicted molar refractivity (Wildman–Crippen MR) is 124 cm³/mol. The van der Waals surface area contributed by atoms with Gasteiger partial charge in [0.15, 0.2) is 0 Å². The van der Waals surface area contributed by atoms with Crippen molar-refractivity contribution in [1.82, 2.24) is 9.47 Å². The molecule has 0 spiro atoms. The molecular formula is C21H24N4O4S2. The lowest BCUT2D eigenvalue weighted by atomic mass is 10.0. The molecule has 1 aromatic rings. The van der Waals surface area contributed by atoms with Crippen LogP contribution in [-0.2, 0) is 16.1 Å². The second-order valence-corrected chi connectivity index (χ2v) is 9.10. The Labute approximate surface area is 190 Å². The second kappa shape index (κ2) is 9.66. The van der Waals surface area contributed by atoms with Gasteiger partial charge < -0.3 is 10.0 Å². The van der Waals surface area contributed by atoms with Gasteiger partial charge in [-0.2, -0.15) is 5.26 Å². The highest BCUT2D eigenvalue weighted by Gasteiger charge is 2.33. The molecular weight excluding hydrogens is 436 g/mol. The van der Waals surface area contributed by atoms with Gasteiger partial charge in [0, 0.05) is 38.2 Å². The van der Waals surface area contributed by atoms with Crippen molar-refractivity contribution < 1.29 is 14.7 Å². The van der Waals surface area contributed by atoms with E-state index in [1.807, 2.05) is 13.0 Å². The number of rotatable bonds is 7. The van der Waals surface area contributed by atoms with Crippen LogP contribution in [0.25, 0.3) is 6.08 Å². The molecule has 2 aliphatic heterocycles. The number of thioether (sulfide) groups is 1. The van der Waals surface area contributed by atoms with Crippen molar-refractivity contribution in [3.05, 3.63) is 31.9 Å². The summed E-state index contributed by atoms with van der Waals surface area (Å²) in [6.07, 6.45) is 4.03. The topological polar surface area (TPSA) is 107 Å². The number of aliphatic carboxylic acids is 1. The highest BCUT2D eigenvalue weighted by molar-refractivity contribution is 8.26. The van der Waals surface area contributed by atoms with Gasteiger partial charge in [-0.1, -0.05) is 24.0 Å². The molecule has 2 saturated heterocycles. The summed E-state index contributed by atoms with van der Waals surface area (Å²) in [4.78, 5) is 40.6. The first-order chi connectivity index (χ1) is 14.8. The summed E-state index contributed by atoms with van der Waals surface area (Å²) in [6.45, 7) is 5.87. The first-order valence-electron chi connectivity index (χ1n) is 10.2. The quantitative estimate of drug-likeness (QED) is 0.489. The summed E-state index contributed by atoms with van der Waals surface area (Å²) in [5.74, 6) is -0.463. The minimum absolute atomic E-state index is 0.0404. The summed E-state index contributed by atoms with van der Waals surface area (Å²) < 4.78 is 1.99. The largest absolute Gasteiger partial charge is 0.481 e. The molecule has 10 heteroatoms. The molecule has 2 fully saturated rings. The molecule has 2 aliphatic rings. The number of nitriles is 1. The van der Waals surface area contributed by atoms with Crippen LogP contribution in [0.5, 0.6) is 0 Å². The SMILES string of the molecule is CCn1c(N2CCCC2)c(C=C2SC(=S)N(CCCC(=O)O)C2=O)c(C)c(C#N)c1=O. The zero-order valence-corrected chi connectivity index (χ0v) is 19.1. The van der Waals surface area contributed by atoms with E-state index in [9.17, 15) is 19.6 Å². The van der Waals surface area contributed by atoms with Crippen molar-refractivity contribution in [3.8, 4) is 6.07 Å². The maximum atomic E-state index is 13.0. The zero-order valence-electron chi connectivity index (χ0n) is 17.5. The van der Waals surface area contributed by atoms with Crippen molar-refractivity contribution in [2.24, 2.45) is 0 Å². The van der Waals surface area contributed by atoms with Crippen molar-refractivity contribution in [2.45, 2.75) is 46.1 Å². The molecule has 0 unspecified atom stereocenters. The first kappa shape index (κ1) is 23.0. The normalized spacial score (nSPS) is 17.6. The Bertz CT molecular complexity index is 1060. The number of hydrogen-bond acceptors (Lipinski definition) is 7. The fraction of sp³-hybridized carbons (Fsp3) is 0.476. The molecule has 0 radical (unpaired) electrons. The lowest BCUT2D eigenvalue weighted by molar-refractivity contribution is -0.137. The van der Waals surface area contributed by atoms with E-state index in [0.29, 0.717) is 33.3 Å². The maximum absolute atomic E-state index is 13.0. The van der Waals surface area contributed by atoms with E-state index in [4.69, 9.17) is 17.3 Å². The van der Waals surface area contributed by atoms with Crippen molar-refractivity contribution in [1.29, 1.82) is 5.26 Å². The highest BCUT2D eigenvalue weighted by Crippen LogP contribution is 2.36. The fourth-order valence-corrected chi connectivity index (χ4v) is 5.21. The number of anilines is 1. The smallest absolute Gasteiger partial charge is 0.303 e. The van der Waals surface area contributed by atoms with Gasteiger partial charge in [0.05, 0.1) is 4.91 Å². The van der Waals surface area contributed by atoms with Gasteiger partial charge in [-0.15, -0.1) is 0 Å². The number of thiocarbonyl (C=S) groups is 1. The third-order valence-electron chi connectivity index (χ3n) is 5.49. The number of amides is 1. The molecule has 3 heterocycles. The molecule has 164 valence electrons. The van der Waals surface area contributed by atoms with Crippen LogP contribution in [0.2, 0.25) is 0 Å². The van der Waals surface area contributed by atoms with Crippen LogP contribution in [-0.4, -0.2) is 50.4 Å². The molecule has 1 amide bonds. The average molecular weight is 461 g/mol. The van der Waals surface area contributed by atoms with E-state index in [1.54, 1.807) is 17.6 Å². The van der Waals surface area contributed by atoms with Crippen LogP contribution in [0.15, 0.2) is 9.70 Å². The molecule has 0 aliphatic carbocycles. The number of carboxylic acid groups (broad SMARTS) is 1. The van der Waals surface area contributed by atoms with Crippen molar-refractivity contribution >= 4 is 52.1 Å². The molecule has 0 bridgehead atoms. The minimum atomic E-state index is -0.919. The van der Waals surface area contributed by atoms with Crippen LogP contribution in [0.3, 0.4) is 0 Å². The first-order valence-corrected chi connectivity index (χ1v) is 11.4. The van der Waals surface area contributed by atoms with Gasteiger partial charge in [-0.3, -0.25) is 23.9 Å². The predicted octanol–water partition coefficient (Wildman–Crippen LogP) is 2.71. The third kappa shape index (κ3) is 4.52. The lowest BCUT2D eigenvalue weighted by Crippen LogP contribution is -2.33. The zero-order chi connectivity index (χ0) is 22.7. The summed E-state index contributed by atoms with van der Waals surface area (Å²) in [7, 11) is 0. The number of carboxylic acids is 1. The maximum Gasteiger partial charge on any atom is 0.303 e. The van der Waals surface area contributed by atoms with Gasteiger partial charge in [0.1, 0.15) is 21.8 Å². The number of carbonyl (C=O) groups is 2. The number of pyridine rings is 1. The van der Waals surface area contributed by atoms with E-state index in [2.05, 4.69) is 4.90 Å². The Morgan fingerprint density at radius 1 is 1.32 bits per heavy atom. The molecule has 31 heavy (non-hydrogen) atoms. The number of aromatic nitrogens is 1. The number of nitrogens with zero attached hydrogens (tertiary/aromatic N) is 4. The van der Waals surface area contributed by atoms with E-state index in [1.165, 1.54) is 4.90 Å². The van der Waals surface area contributed by atoms with E-state index >= 15 is 0 Å². The standard InChI is InChI=1S/C21H24N4O4S2/c1-3-24-18(23-8-4-5-9-23)14(13(2)15(12-22)19(24)28)11-16-20(29)25(21(30)31-16)10-6-7-17(26)27/h11H,3-10H2,1-2H3,(H,26,27). The summed E-state index contributed by atoms with van der Waals surface area (Å²) in [5, 5.41) is 18.4. The van der Waals surface area contributed by atoms with Crippen LogP contribution >= 0.6 is 24.0 Å². The Balaban J connectivity index is 2.08. The van der Waals surface area contributed by atoms with Crippen LogP contribution < -0.4 is 10.5 Å². The third-order valence-corrected chi connectivity index (χ3v) is 6.87. The van der Waals surface area contributed by atoms with Crippen LogP contribution in [0, 0.1) is 18.3 Å². The highest BCUT2D eigenvalue weighted by atomic mass is 32.2. The van der Waals surface area contributed by atoms with Gasteiger partial charge >= 0.3 is 5.97 Å². The number of hydrogen-bond donors (Lipinski definition) is 1. The Morgan fingerprint density at radius 2 is 2.00 bits per heavy atom. The summed E-state index contributed by atoms with van der Waals surface area (Å²) in [5.41, 5.74) is 0.997. The molecule has 0 aromatic carbocycles. The molecule has 0 atom stereocenters. The van der Waals surface area contributed by atoms with E-state index in [-0.39, 0.29) is 30.0 Å². The summed E-state index contributed by atoms with van der Waals surface area (Å²) in [6, 6.07) is 2.02. The molecule has 8 nitrogen and oxygen atoms in total. The van der Waals surface area contributed by atoms with Crippen molar-refractivity contribution in [3.63, 3.8) is 0 Å². The monoisotopic (exact) mass is 460 g/mol. The number of carbonyl (C=O) groups excluding carboxylic acids is 1. The molecule has 3 rings (SSSR count). The van der Waals surface area contributed by atoms with Gasteiger partial charge in [-0.05, 0) is 44.7 Å². The van der Waals surface area contributed by atoms with Crippen molar-refractivity contribution in [2.75, 3.05) is 24.5 Å². The van der Waals surface area contributed by atoms with E-state index in [0.717, 1.165) is 43.5 Å².